The van der Waals surface area contributed by atoms with E-state index < -0.39 is 32.3 Å². The molecule has 0 amide bonds. The van der Waals surface area contributed by atoms with Gasteiger partial charge in [0.05, 0.1) is 32.3 Å². The standard InChI is InChI=1S/C6H6Cl6.2ClH.Mg.H2O/c7-1-2(8)4(10)6(12)5(11)3(1)9;;;;/h1-6H;2*1H;;1H2/q;;;+2;/p-2. The van der Waals surface area contributed by atoms with E-state index >= 15 is 0 Å². The van der Waals surface area contributed by atoms with Crippen molar-refractivity contribution in [1.82, 2.24) is 0 Å². The van der Waals surface area contributed by atoms with Crippen molar-refractivity contribution in [3.8, 4) is 0 Å². The summed E-state index contributed by atoms with van der Waals surface area (Å²) in [6, 6.07) is 0. The smallest absolute Gasteiger partial charge is 1.00 e. The quantitative estimate of drug-likeness (QED) is 0.296. The molecule has 1 fully saturated rings. The van der Waals surface area contributed by atoms with Gasteiger partial charge in [0.1, 0.15) is 0 Å². The molecule has 0 heterocycles. The summed E-state index contributed by atoms with van der Waals surface area (Å²) < 4.78 is 0. The van der Waals surface area contributed by atoms with Gasteiger partial charge in [0, 0.05) is 0 Å². The number of alkyl halides is 6. The molecule has 1 nitrogen and oxygen atoms in total. The van der Waals surface area contributed by atoms with Crippen LogP contribution in [0.3, 0.4) is 0 Å². The van der Waals surface area contributed by atoms with Crippen LogP contribution in [0.1, 0.15) is 0 Å². The first kappa shape index (κ1) is 27.4. The second-order valence-corrected chi connectivity index (χ2v) is 5.69. The fourth-order valence-corrected chi connectivity index (χ4v) is 3.38. The Morgan fingerprint density at radius 1 is 0.438 bits per heavy atom. The van der Waals surface area contributed by atoms with Crippen LogP contribution in [0.15, 0.2) is 0 Å². The van der Waals surface area contributed by atoms with Gasteiger partial charge in [0.25, 0.3) is 0 Å². The average Bonchev–Trinajstić information content (AvgIpc) is 2.08. The number of hydrogen-bond donors (Lipinski definition) is 0. The third-order valence-corrected chi connectivity index (χ3v) is 5.86. The second-order valence-electron chi connectivity index (χ2n) is 2.67. The van der Waals surface area contributed by atoms with Gasteiger partial charge in [0.2, 0.25) is 0 Å². The summed E-state index contributed by atoms with van der Waals surface area (Å²) in [4.78, 5) is 0. The Morgan fingerprint density at radius 3 is 0.562 bits per heavy atom. The minimum absolute atomic E-state index is 0. The topological polar surface area (TPSA) is 31.5 Å². The predicted molar refractivity (Wildman–Crippen MR) is 67.2 cm³/mol. The SMILES string of the molecule is ClC1C(Cl)C(Cl)C(Cl)C(Cl)C1Cl.O.[Cl-].[Cl-].[Mg+2]. The molecule has 1 aliphatic carbocycles. The molecule has 0 saturated heterocycles. The zero-order valence-electron chi connectivity index (χ0n) is 7.69. The fourth-order valence-electron chi connectivity index (χ4n) is 1.05. The summed E-state index contributed by atoms with van der Waals surface area (Å²) in [7, 11) is 0. The molecule has 0 aromatic carbocycles. The molecule has 0 aromatic heterocycles. The van der Waals surface area contributed by atoms with Crippen LogP contribution in [-0.4, -0.2) is 60.8 Å². The molecule has 10 heteroatoms. The van der Waals surface area contributed by atoms with Gasteiger partial charge >= 0.3 is 23.1 Å². The van der Waals surface area contributed by atoms with Crippen molar-refractivity contribution >= 4 is 92.7 Å². The first-order chi connectivity index (χ1) is 5.46. The molecule has 1 saturated carbocycles. The molecule has 0 radical (unpaired) electrons. The van der Waals surface area contributed by atoms with Gasteiger partial charge in [-0.2, -0.15) is 0 Å². The summed E-state index contributed by atoms with van der Waals surface area (Å²) in [6.45, 7) is 0. The van der Waals surface area contributed by atoms with Crippen molar-refractivity contribution in [3.05, 3.63) is 0 Å². The van der Waals surface area contributed by atoms with Crippen LogP contribution in [0.2, 0.25) is 0 Å². The molecule has 16 heavy (non-hydrogen) atoms. The van der Waals surface area contributed by atoms with Crippen molar-refractivity contribution in [2.45, 2.75) is 32.3 Å². The van der Waals surface area contributed by atoms with E-state index in [2.05, 4.69) is 0 Å². The first-order valence-electron chi connectivity index (χ1n) is 3.31. The molecule has 1 rings (SSSR count). The van der Waals surface area contributed by atoms with E-state index in [4.69, 9.17) is 69.6 Å². The molecule has 0 bridgehead atoms. The molecule has 0 atom stereocenters. The zero-order chi connectivity index (χ0) is 9.46. The van der Waals surface area contributed by atoms with Crippen LogP contribution in [0.4, 0.5) is 0 Å². The second kappa shape index (κ2) is 11.8. The van der Waals surface area contributed by atoms with E-state index in [0.29, 0.717) is 0 Å². The Labute approximate surface area is 153 Å². The van der Waals surface area contributed by atoms with Crippen molar-refractivity contribution in [2.24, 2.45) is 0 Å². The summed E-state index contributed by atoms with van der Waals surface area (Å²) >= 11 is 35.3. The van der Waals surface area contributed by atoms with E-state index in [1.807, 2.05) is 0 Å². The van der Waals surface area contributed by atoms with Crippen molar-refractivity contribution < 1.29 is 30.3 Å². The van der Waals surface area contributed by atoms with Crippen LogP contribution in [-0.2, 0) is 0 Å². The van der Waals surface area contributed by atoms with Gasteiger partial charge in [-0.25, -0.2) is 0 Å². The van der Waals surface area contributed by atoms with Gasteiger partial charge in [-0.1, -0.05) is 0 Å². The Kier molecular flexibility index (Phi) is 20.3. The molecular weight excluding hydrogens is 396 g/mol. The van der Waals surface area contributed by atoms with E-state index in [-0.39, 0.29) is 53.3 Å². The van der Waals surface area contributed by atoms with E-state index in [9.17, 15) is 0 Å². The van der Waals surface area contributed by atoms with Crippen LogP contribution >= 0.6 is 69.6 Å². The maximum Gasteiger partial charge on any atom is 2.00 e. The Balaban J connectivity index is -0.000000180. The molecule has 96 valence electrons. The minimum atomic E-state index is -0.437. The van der Waals surface area contributed by atoms with Crippen molar-refractivity contribution in [3.63, 3.8) is 0 Å². The minimum Gasteiger partial charge on any atom is -1.00 e. The molecular formula is C6H8Cl8MgO. The van der Waals surface area contributed by atoms with Gasteiger partial charge in [-0.05, 0) is 0 Å². The largest absolute Gasteiger partial charge is 2.00 e. The predicted octanol–water partition coefficient (Wildman–Crippen LogP) is -3.55. The Bertz CT molecular complexity index is 116. The monoisotopic (exact) mass is 400 g/mol. The molecule has 0 aliphatic heterocycles. The Hall–Kier alpha value is 3.05. The summed E-state index contributed by atoms with van der Waals surface area (Å²) in [5.41, 5.74) is 0. The van der Waals surface area contributed by atoms with Crippen LogP contribution in [0.25, 0.3) is 0 Å². The summed E-state index contributed by atoms with van der Waals surface area (Å²) in [5.74, 6) is 0. The molecule has 0 unspecified atom stereocenters. The summed E-state index contributed by atoms with van der Waals surface area (Å²) in [5, 5.41) is -2.62. The van der Waals surface area contributed by atoms with Crippen LogP contribution < -0.4 is 24.8 Å². The maximum absolute atomic E-state index is 5.88. The molecule has 0 spiro atoms. The van der Waals surface area contributed by atoms with Gasteiger partial charge < -0.3 is 30.3 Å². The zero-order valence-corrected chi connectivity index (χ0v) is 15.2. The third-order valence-electron chi connectivity index (χ3n) is 1.83. The van der Waals surface area contributed by atoms with E-state index in [0.717, 1.165) is 0 Å². The van der Waals surface area contributed by atoms with E-state index in [1.165, 1.54) is 0 Å². The Morgan fingerprint density at radius 2 is 0.500 bits per heavy atom. The fraction of sp³-hybridized carbons (Fsp3) is 1.00. The summed E-state index contributed by atoms with van der Waals surface area (Å²) in [6.07, 6.45) is 0. The van der Waals surface area contributed by atoms with Gasteiger partial charge in [0.15, 0.2) is 0 Å². The van der Waals surface area contributed by atoms with Gasteiger partial charge in [-0.3, -0.25) is 0 Å². The first-order valence-corrected chi connectivity index (χ1v) is 5.93. The molecule has 2 N–H and O–H groups in total. The molecule has 1 aliphatic rings. The third kappa shape index (κ3) is 6.00. The van der Waals surface area contributed by atoms with Crippen LogP contribution in [0, 0.1) is 0 Å². The number of halogens is 8. The number of hydrogen-bond acceptors (Lipinski definition) is 0. The maximum atomic E-state index is 5.88. The van der Waals surface area contributed by atoms with E-state index in [1.54, 1.807) is 0 Å². The molecule has 0 aromatic rings. The normalized spacial score (nSPS) is 41.6. The average molecular weight is 404 g/mol. The van der Waals surface area contributed by atoms with Crippen molar-refractivity contribution in [2.75, 3.05) is 0 Å². The van der Waals surface area contributed by atoms with Crippen LogP contribution in [0.5, 0.6) is 0 Å². The number of rotatable bonds is 0. The van der Waals surface area contributed by atoms with Crippen molar-refractivity contribution in [1.29, 1.82) is 0 Å². The van der Waals surface area contributed by atoms with Gasteiger partial charge in [-0.15, -0.1) is 69.6 Å².